The van der Waals surface area contributed by atoms with Crippen molar-refractivity contribution >= 4 is 5.97 Å². The third kappa shape index (κ3) is 4.18. The molecule has 1 unspecified atom stereocenters. The van der Waals surface area contributed by atoms with Crippen LogP contribution in [-0.4, -0.2) is 32.3 Å². The Balaban J connectivity index is 2.20. The summed E-state index contributed by atoms with van der Waals surface area (Å²) in [5.41, 5.74) is 5.37. The number of ether oxygens (including phenoxy) is 2. The summed E-state index contributed by atoms with van der Waals surface area (Å²) in [6.07, 6.45) is 5.57. The second-order valence-corrected chi connectivity index (χ2v) is 4.09. The van der Waals surface area contributed by atoms with Crippen LogP contribution in [0, 0.1) is 5.92 Å². The van der Waals surface area contributed by atoms with E-state index >= 15 is 0 Å². The van der Waals surface area contributed by atoms with Gasteiger partial charge in [-0.1, -0.05) is 19.3 Å². The number of hydrogen-bond acceptors (Lipinski definition) is 4. The molecule has 0 aromatic heterocycles. The van der Waals surface area contributed by atoms with Gasteiger partial charge in [-0.25, -0.2) is 4.79 Å². The van der Waals surface area contributed by atoms with E-state index in [4.69, 9.17) is 15.2 Å². The van der Waals surface area contributed by atoms with E-state index in [2.05, 4.69) is 0 Å². The molecule has 0 heterocycles. The van der Waals surface area contributed by atoms with Crippen LogP contribution in [0.1, 0.15) is 32.1 Å². The molecule has 1 rings (SSSR count). The summed E-state index contributed by atoms with van der Waals surface area (Å²) < 4.78 is 10.1. The number of carbonyl (C=O) groups is 1. The van der Waals surface area contributed by atoms with Gasteiger partial charge in [-0.15, -0.1) is 0 Å². The van der Waals surface area contributed by atoms with Crippen LogP contribution in [0.2, 0.25) is 0 Å². The molecule has 0 amide bonds. The van der Waals surface area contributed by atoms with Gasteiger partial charge in [-0.3, -0.25) is 0 Å². The molecule has 0 aromatic rings. The minimum atomic E-state index is -0.603. The fourth-order valence-electron chi connectivity index (χ4n) is 1.94. The maximum absolute atomic E-state index is 11.4. The van der Waals surface area contributed by atoms with E-state index in [0.29, 0.717) is 12.5 Å². The Morgan fingerprint density at radius 2 is 2.07 bits per heavy atom. The van der Waals surface area contributed by atoms with E-state index in [1.807, 2.05) is 0 Å². The molecular weight excluding hydrogens is 194 g/mol. The zero-order chi connectivity index (χ0) is 11.1. The van der Waals surface area contributed by atoms with Crippen molar-refractivity contribution in [2.24, 2.45) is 11.7 Å². The fourth-order valence-corrected chi connectivity index (χ4v) is 1.94. The van der Waals surface area contributed by atoms with Gasteiger partial charge >= 0.3 is 5.97 Å². The van der Waals surface area contributed by atoms with E-state index in [9.17, 15) is 4.79 Å². The fraction of sp³-hybridized carbons (Fsp3) is 0.909. The van der Waals surface area contributed by atoms with Crippen molar-refractivity contribution in [2.45, 2.75) is 38.2 Å². The summed E-state index contributed by atoms with van der Waals surface area (Å²) in [7, 11) is 1.47. The van der Waals surface area contributed by atoms with Crippen LogP contribution in [0.5, 0.6) is 0 Å². The average molecular weight is 215 g/mol. The Bertz CT molecular complexity index is 186. The standard InChI is InChI=1S/C11H21NO3/c1-14-10(7-12)11(13)15-8-9-5-3-2-4-6-9/h9-10H,2-8,12H2,1H3. The molecule has 1 atom stereocenters. The van der Waals surface area contributed by atoms with Gasteiger partial charge < -0.3 is 15.2 Å². The highest BCUT2D eigenvalue weighted by molar-refractivity contribution is 5.74. The molecule has 1 aliphatic carbocycles. The second kappa shape index (κ2) is 6.80. The summed E-state index contributed by atoms with van der Waals surface area (Å²) in [6, 6.07) is 0. The Labute approximate surface area is 91.1 Å². The first-order valence-electron chi connectivity index (χ1n) is 5.67. The molecule has 0 aliphatic heterocycles. The first kappa shape index (κ1) is 12.5. The lowest BCUT2D eigenvalue weighted by Gasteiger charge is -2.22. The maximum Gasteiger partial charge on any atom is 0.336 e. The van der Waals surface area contributed by atoms with Gasteiger partial charge in [-0.05, 0) is 18.8 Å². The molecule has 0 bridgehead atoms. The van der Waals surface area contributed by atoms with Gasteiger partial charge in [0, 0.05) is 13.7 Å². The van der Waals surface area contributed by atoms with Crippen molar-refractivity contribution in [2.75, 3.05) is 20.3 Å². The van der Waals surface area contributed by atoms with E-state index in [1.54, 1.807) is 0 Å². The van der Waals surface area contributed by atoms with Crippen molar-refractivity contribution in [1.29, 1.82) is 0 Å². The molecule has 15 heavy (non-hydrogen) atoms. The summed E-state index contributed by atoms with van der Waals surface area (Å²) in [5, 5.41) is 0. The van der Waals surface area contributed by atoms with Crippen LogP contribution < -0.4 is 5.73 Å². The normalized spacial score (nSPS) is 19.9. The predicted octanol–water partition coefficient (Wildman–Crippen LogP) is 1.08. The Hall–Kier alpha value is -0.610. The van der Waals surface area contributed by atoms with Crippen molar-refractivity contribution in [3.05, 3.63) is 0 Å². The first-order valence-corrected chi connectivity index (χ1v) is 5.67. The lowest BCUT2D eigenvalue weighted by atomic mass is 9.90. The minimum absolute atomic E-state index is 0.181. The zero-order valence-corrected chi connectivity index (χ0v) is 9.41. The van der Waals surface area contributed by atoms with Crippen LogP contribution in [0.25, 0.3) is 0 Å². The van der Waals surface area contributed by atoms with E-state index < -0.39 is 6.10 Å². The highest BCUT2D eigenvalue weighted by Gasteiger charge is 2.20. The molecule has 88 valence electrons. The van der Waals surface area contributed by atoms with Crippen molar-refractivity contribution in [3.8, 4) is 0 Å². The zero-order valence-electron chi connectivity index (χ0n) is 9.41. The molecule has 4 heteroatoms. The molecule has 0 radical (unpaired) electrons. The molecule has 0 spiro atoms. The summed E-state index contributed by atoms with van der Waals surface area (Å²) in [4.78, 5) is 11.4. The Morgan fingerprint density at radius 3 is 2.60 bits per heavy atom. The van der Waals surface area contributed by atoms with Crippen LogP contribution in [-0.2, 0) is 14.3 Å². The second-order valence-electron chi connectivity index (χ2n) is 4.09. The number of esters is 1. The lowest BCUT2D eigenvalue weighted by Crippen LogP contribution is -2.34. The SMILES string of the molecule is COC(CN)C(=O)OCC1CCCCC1. The van der Waals surface area contributed by atoms with Gasteiger partial charge in [0.15, 0.2) is 6.10 Å². The lowest BCUT2D eigenvalue weighted by molar-refractivity contribution is -0.156. The largest absolute Gasteiger partial charge is 0.463 e. The predicted molar refractivity (Wildman–Crippen MR) is 57.4 cm³/mol. The molecule has 1 fully saturated rings. The third-order valence-electron chi connectivity index (χ3n) is 2.95. The quantitative estimate of drug-likeness (QED) is 0.697. The molecule has 4 nitrogen and oxygen atoms in total. The third-order valence-corrected chi connectivity index (χ3v) is 2.95. The van der Waals surface area contributed by atoms with E-state index in [-0.39, 0.29) is 12.5 Å². The van der Waals surface area contributed by atoms with Crippen LogP contribution >= 0.6 is 0 Å². The van der Waals surface area contributed by atoms with Gasteiger partial charge in [-0.2, -0.15) is 0 Å². The Kier molecular flexibility index (Phi) is 5.65. The average Bonchev–Trinajstić information content (AvgIpc) is 2.29. The molecule has 0 saturated heterocycles. The number of carbonyl (C=O) groups excluding carboxylic acids is 1. The molecule has 2 N–H and O–H groups in total. The summed E-state index contributed by atoms with van der Waals surface area (Å²) in [5.74, 6) is 0.212. The van der Waals surface area contributed by atoms with E-state index in [1.165, 1.54) is 39.2 Å². The number of nitrogens with two attached hydrogens (primary N) is 1. The molecule has 0 aromatic carbocycles. The van der Waals surface area contributed by atoms with Crippen molar-refractivity contribution in [1.82, 2.24) is 0 Å². The molecule has 1 aliphatic rings. The maximum atomic E-state index is 11.4. The molecular formula is C11H21NO3. The highest BCUT2D eigenvalue weighted by atomic mass is 16.6. The smallest absolute Gasteiger partial charge is 0.336 e. The monoisotopic (exact) mass is 215 g/mol. The number of rotatable bonds is 5. The highest BCUT2D eigenvalue weighted by Crippen LogP contribution is 2.23. The molecule has 1 saturated carbocycles. The van der Waals surface area contributed by atoms with Crippen molar-refractivity contribution in [3.63, 3.8) is 0 Å². The summed E-state index contributed by atoms with van der Waals surface area (Å²) in [6.45, 7) is 0.707. The van der Waals surface area contributed by atoms with Crippen LogP contribution in [0.15, 0.2) is 0 Å². The van der Waals surface area contributed by atoms with E-state index in [0.717, 1.165) is 0 Å². The minimum Gasteiger partial charge on any atom is -0.463 e. The van der Waals surface area contributed by atoms with Gasteiger partial charge in [0.05, 0.1) is 6.61 Å². The van der Waals surface area contributed by atoms with Gasteiger partial charge in [0.25, 0.3) is 0 Å². The number of hydrogen-bond donors (Lipinski definition) is 1. The van der Waals surface area contributed by atoms with Gasteiger partial charge in [0.2, 0.25) is 0 Å². The van der Waals surface area contributed by atoms with Crippen LogP contribution in [0.4, 0.5) is 0 Å². The topological polar surface area (TPSA) is 61.5 Å². The number of methoxy groups -OCH3 is 1. The van der Waals surface area contributed by atoms with Gasteiger partial charge in [0.1, 0.15) is 0 Å². The summed E-state index contributed by atoms with van der Waals surface area (Å²) >= 11 is 0. The Morgan fingerprint density at radius 1 is 1.40 bits per heavy atom. The van der Waals surface area contributed by atoms with Crippen molar-refractivity contribution < 1.29 is 14.3 Å². The van der Waals surface area contributed by atoms with Crippen LogP contribution in [0.3, 0.4) is 0 Å². The first-order chi connectivity index (χ1) is 7.27.